The normalized spacial score (nSPS) is 12.4. The Morgan fingerprint density at radius 3 is 1.89 bits per heavy atom. The van der Waals surface area contributed by atoms with E-state index in [9.17, 15) is 0 Å². The van der Waals surface area contributed by atoms with Gasteiger partial charge in [-0.15, -0.1) is 0 Å². The summed E-state index contributed by atoms with van der Waals surface area (Å²) in [6.45, 7) is 0. The first-order valence-corrected chi connectivity index (χ1v) is 21.5. The number of hydrogen-bond acceptors (Lipinski definition) is 3. The highest BCUT2D eigenvalue weighted by atomic mass is 16.3. The first kappa shape index (κ1) is 33.2. The Hall–Kier alpha value is -8.54. The fraction of sp³-hybridized carbons (Fsp3) is 0. The molecule has 0 bridgehead atoms. The van der Waals surface area contributed by atoms with Crippen LogP contribution < -0.4 is 0 Å². The smallest absolute Gasteiger partial charge is 0.180 e. The van der Waals surface area contributed by atoms with Crippen LogP contribution in [0.5, 0.6) is 0 Å². The molecule has 10 aromatic carbocycles. The standard InChI is InChI=1S/C58H32N4O/c1-2-14-36-32-37(25-24-33(36)12-1)52-57-53(43-19-8-10-23-48(43)63-57)60-58(59-52)35-26-29-38(30-27-35)61-46-22-9-7-18-42(46)51-55(61)41-17-6-5-16-40(41)50-45-21-11-20-44-49-39-15-4-3-13-34(39)28-31-47(49)62(54(44)45)56(50)51/h1-32H. The predicted octanol–water partition coefficient (Wildman–Crippen LogP) is 15.4. The van der Waals surface area contributed by atoms with Crippen molar-refractivity contribution in [3.05, 3.63) is 194 Å². The third-order valence-corrected chi connectivity index (χ3v) is 13.6. The van der Waals surface area contributed by atoms with E-state index in [-0.39, 0.29) is 0 Å². The van der Waals surface area contributed by atoms with Gasteiger partial charge in [0.15, 0.2) is 11.4 Å². The lowest BCUT2D eigenvalue weighted by atomic mass is 9.97. The van der Waals surface area contributed by atoms with Crippen molar-refractivity contribution in [2.45, 2.75) is 0 Å². The lowest BCUT2D eigenvalue weighted by Crippen LogP contribution is -1.97. The lowest BCUT2D eigenvalue weighted by molar-refractivity contribution is 0.667. The van der Waals surface area contributed by atoms with Crippen molar-refractivity contribution in [2.75, 3.05) is 0 Å². The van der Waals surface area contributed by atoms with Gasteiger partial charge in [-0.05, 0) is 81.5 Å². The Morgan fingerprint density at radius 2 is 1.03 bits per heavy atom. The monoisotopic (exact) mass is 800 g/mol. The number of para-hydroxylation sites is 3. The number of benzene rings is 10. The summed E-state index contributed by atoms with van der Waals surface area (Å²) in [5.74, 6) is 0.656. The second kappa shape index (κ2) is 12.1. The van der Waals surface area contributed by atoms with Crippen molar-refractivity contribution in [1.82, 2.24) is 18.9 Å². The topological polar surface area (TPSA) is 48.3 Å². The molecule has 0 spiro atoms. The summed E-state index contributed by atoms with van der Waals surface area (Å²) in [5.41, 5.74) is 12.2. The van der Waals surface area contributed by atoms with E-state index < -0.39 is 0 Å². The fourth-order valence-corrected chi connectivity index (χ4v) is 10.9. The van der Waals surface area contributed by atoms with Crippen molar-refractivity contribution in [1.29, 1.82) is 0 Å². The summed E-state index contributed by atoms with van der Waals surface area (Å²) >= 11 is 0. The molecule has 63 heavy (non-hydrogen) atoms. The van der Waals surface area contributed by atoms with Crippen molar-refractivity contribution in [3.8, 4) is 28.3 Å². The summed E-state index contributed by atoms with van der Waals surface area (Å²) in [4.78, 5) is 10.5. The summed E-state index contributed by atoms with van der Waals surface area (Å²) in [7, 11) is 0. The number of furan rings is 1. The van der Waals surface area contributed by atoms with E-state index in [2.05, 4.69) is 185 Å². The van der Waals surface area contributed by atoms with Gasteiger partial charge < -0.3 is 13.4 Å². The van der Waals surface area contributed by atoms with Gasteiger partial charge in [-0.1, -0.05) is 140 Å². The fourth-order valence-electron chi connectivity index (χ4n) is 10.9. The van der Waals surface area contributed by atoms with Gasteiger partial charge in [-0.3, -0.25) is 0 Å². The molecule has 0 amide bonds. The molecular formula is C58H32N4O. The van der Waals surface area contributed by atoms with Gasteiger partial charge >= 0.3 is 0 Å². The maximum atomic E-state index is 6.50. The number of fused-ring (bicyclic) bond motifs is 19. The van der Waals surface area contributed by atoms with E-state index in [0.29, 0.717) is 11.4 Å². The molecule has 0 N–H and O–H groups in total. The minimum atomic E-state index is 0.656. The third-order valence-electron chi connectivity index (χ3n) is 13.6. The van der Waals surface area contributed by atoms with Gasteiger partial charge in [0.1, 0.15) is 16.8 Å². The van der Waals surface area contributed by atoms with Crippen LogP contribution in [0.25, 0.3) is 143 Å². The highest BCUT2D eigenvalue weighted by Crippen LogP contribution is 2.49. The van der Waals surface area contributed by atoms with E-state index >= 15 is 0 Å². The zero-order valence-electron chi connectivity index (χ0n) is 33.7. The number of nitrogens with zero attached hydrogens (tertiary/aromatic N) is 4. The minimum Gasteiger partial charge on any atom is -0.452 e. The minimum absolute atomic E-state index is 0.656. The Balaban J connectivity index is 1.00. The largest absolute Gasteiger partial charge is 0.452 e. The van der Waals surface area contributed by atoms with Gasteiger partial charge in [0.2, 0.25) is 0 Å². The van der Waals surface area contributed by atoms with Crippen LogP contribution in [0.3, 0.4) is 0 Å². The Morgan fingerprint density at radius 1 is 0.381 bits per heavy atom. The first-order chi connectivity index (χ1) is 31.3. The molecule has 15 rings (SSSR count). The maximum absolute atomic E-state index is 6.50. The molecule has 0 saturated carbocycles. The zero-order chi connectivity index (χ0) is 40.9. The van der Waals surface area contributed by atoms with Crippen molar-refractivity contribution >= 4 is 114 Å². The van der Waals surface area contributed by atoms with Gasteiger partial charge in [-0.2, -0.15) is 0 Å². The summed E-state index contributed by atoms with van der Waals surface area (Å²) in [6.07, 6.45) is 0. The molecular weight excluding hydrogens is 769 g/mol. The maximum Gasteiger partial charge on any atom is 0.180 e. The average Bonchev–Trinajstić information content (AvgIpc) is 4.10. The molecule has 5 nitrogen and oxygen atoms in total. The van der Waals surface area contributed by atoms with Gasteiger partial charge in [-0.25, -0.2) is 9.97 Å². The molecule has 0 radical (unpaired) electrons. The van der Waals surface area contributed by atoms with E-state index in [1.165, 1.54) is 81.3 Å². The van der Waals surface area contributed by atoms with Crippen LogP contribution >= 0.6 is 0 Å². The third kappa shape index (κ3) is 4.35. The summed E-state index contributed by atoms with van der Waals surface area (Å²) in [5, 5.41) is 16.0. The lowest BCUT2D eigenvalue weighted by Gasteiger charge is -2.12. The van der Waals surface area contributed by atoms with E-state index in [1.807, 2.05) is 18.2 Å². The predicted molar refractivity (Wildman–Crippen MR) is 262 cm³/mol. The highest BCUT2D eigenvalue weighted by Gasteiger charge is 2.26. The Bertz CT molecular complexity index is 4440. The van der Waals surface area contributed by atoms with Gasteiger partial charge in [0.25, 0.3) is 0 Å². The molecule has 0 aliphatic heterocycles. The molecule has 0 unspecified atom stereocenters. The molecule has 5 heteroatoms. The molecule has 15 aromatic rings. The van der Waals surface area contributed by atoms with E-state index in [4.69, 9.17) is 14.4 Å². The zero-order valence-corrected chi connectivity index (χ0v) is 33.7. The summed E-state index contributed by atoms with van der Waals surface area (Å²) < 4.78 is 11.5. The van der Waals surface area contributed by atoms with Gasteiger partial charge in [0.05, 0.1) is 27.6 Å². The van der Waals surface area contributed by atoms with Crippen LogP contribution in [0.4, 0.5) is 0 Å². The molecule has 0 aliphatic rings. The first-order valence-electron chi connectivity index (χ1n) is 21.5. The average molecular weight is 801 g/mol. The van der Waals surface area contributed by atoms with Crippen LogP contribution in [0.1, 0.15) is 0 Å². The molecule has 5 heterocycles. The molecule has 0 atom stereocenters. The van der Waals surface area contributed by atoms with Crippen molar-refractivity contribution in [2.24, 2.45) is 0 Å². The SMILES string of the molecule is c1ccc2cc(-c3nc(-c4ccc(-n5c6ccccc6c6c5c5ccccc5c5c7cccc8c9c%10ccccc%10ccc9n(c87)c56)cc4)nc4c3oc3ccccc34)ccc2c1. The van der Waals surface area contributed by atoms with Crippen molar-refractivity contribution < 1.29 is 4.42 Å². The van der Waals surface area contributed by atoms with Crippen LogP contribution in [-0.4, -0.2) is 18.9 Å². The van der Waals surface area contributed by atoms with Gasteiger partial charge in [0, 0.05) is 59.9 Å². The number of rotatable bonds is 3. The summed E-state index contributed by atoms with van der Waals surface area (Å²) in [6, 6.07) is 69.9. The number of aromatic nitrogens is 4. The highest BCUT2D eigenvalue weighted by molar-refractivity contribution is 6.40. The quantitative estimate of drug-likeness (QED) is 0.179. The molecule has 290 valence electrons. The molecule has 0 saturated heterocycles. The van der Waals surface area contributed by atoms with Crippen LogP contribution in [-0.2, 0) is 0 Å². The van der Waals surface area contributed by atoms with Crippen LogP contribution in [0.2, 0.25) is 0 Å². The Labute approximate surface area is 358 Å². The van der Waals surface area contributed by atoms with E-state index in [1.54, 1.807) is 0 Å². The van der Waals surface area contributed by atoms with Crippen molar-refractivity contribution in [3.63, 3.8) is 0 Å². The molecule has 5 aromatic heterocycles. The molecule has 0 aliphatic carbocycles. The Kier molecular flexibility index (Phi) is 6.36. The second-order valence-corrected chi connectivity index (χ2v) is 16.8. The second-order valence-electron chi connectivity index (χ2n) is 16.8. The van der Waals surface area contributed by atoms with Crippen LogP contribution in [0, 0.1) is 0 Å². The van der Waals surface area contributed by atoms with E-state index in [0.717, 1.165) is 49.9 Å². The number of hydrogen-bond donors (Lipinski definition) is 0. The molecule has 0 fully saturated rings. The van der Waals surface area contributed by atoms with Crippen LogP contribution in [0.15, 0.2) is 199 Å².